The Bertz CT molecular complexity index is 396. The van der Waals surface area contributed by atoms with E-state index < -0.39 is 6.17 Å². The van der Waals surface area contributed by atoms with Gasteiger partial charge in [-0.1, -0.05) is 12.1 Å². The Labute approximate surface area is 126 Å². The summed E-state index contributed by atoms with van der Waals surface area (Å²) in [5.41, 5.74) is 1.28. The van der Waals surface area contributed by atoms with Crippen molar-refractivity contribution in [2.75, 3.05) is 32.9 Å². The van der Waals surface area contributed by atoms with Crippen LogP contribution in [0.25, 0.3) is 0 Å². The van der Waals surface area contributed by atoms with Crippen molar-refractivity contribution in [2.24, 2.45) is 0 Å². The fraction of sp³-hybridized carbons (Fsp3) is 0.647. The molecule has 1 heterocycles. The number of hydrogen-bond acceptors (Lipinski definition) is 2. The number of halogens is 2. The molecule has 0 aromatic heterocycles. The number of benzene rings is 1. The van der Waals surface area contributed by atoms with Gasteiger partial charge in [-0.05, 0) is 56.3 Å². The fourth-order valence-corrected chi connectivity index (χ4v) is 2.63. The van der Waals surface area contributed by atoms with E-state index in [1.807, 2.05) is 12.1 Å². The molecular formula is C17H25F2NO. The van der Waals surface area contributed by atoms with Crippen LogP contribution >= 0.6 is 0 Å². The van der Waals surface area contributed by atoms with Gasteiger partial charge in [0.05, 0.1) is 13.3 Å². The highest BCUT2D eigenvalue weighted by Crippen LogP contribution is 2.16. The van der Waals surface area contributed by atoms with Gasteiger partial charge in [-0.2, -0.15) is 0 Å². The quantitative estimate of drug-likeness (QED) is 0.643. The third-order valence-electron chi connectivity index (χ3n) is 3.87. The maximum Gasteiger partial charge on any atom is 0.119 e. The number of nitrogens with zero attached hydrogens (tertiary/aromatic N) is 1. The summed E-state index contributed by atoms with van der Waals surface area (Å²) in [6.07, 6.45) is 3.45. The van der Waals surface area contributed by atoms with Crippen molar-refractivity contribution >= 4 is 0 Å². The van der Waals surface area contributed by atoms with E-state index >= 15 is 0 Å². The van der Waals surface area contributed by atoms with Crippen molar-refractivity contribution in [3.63, 3.8) is 0 Å². The molecule has 2 rings (SSSR count). The second-order valence-electron chi connectivity index (χ2n) is 5.68. The molecule has 0 bridgehead atoms. The predicted molar refractivity (Wildman–Crippen MR) is 81.4 cm³/mol. The monoisotopic (exact) mass is 297 g/mol. The van der Waals surface area contributed by atoms with E-state index in [1.54, 1.807) is 0 Å². The minimum Gasteiger partial charge on any atom is -0.494 e. The summed E-state index contributed by atoms with van der Waals surface area (Å²) in [5, 5.41) is 0. The molecule has 118 valence electrons. The average Bonchev–Trinajstić information content (AvgIpc) is 2.91. The SMILES string of the molecule is FCCCCOc1ccc(CCCN2CCC(F)C2)cc1. The molecule has 1 aromatic rings. The van der Waals surface area contributed by atoms with Gasteiger partial charge >= 0.3 is 0 Å². The van der Waals surface area contributed by atoms with Crippen molar-refractivity contribution in [3.05, 3.63) is 29.8 Å². The minimum absolute atomic E-state index is 0.275. The lowest BCUT2D eigenvalue weighted by atomic mass is 10.1. The first-order valence-electron chi connectivity index (χ1n) is 7.92. The highest BCUT2D eigenvalue weighted by atomic mass is 19.1. The van der Waals surface area contributed by atoms with Gasteiger partial charge in [-0.15, -0.1) is 0 Å². The first kappa shape index (κ1) is 16.2. The van der Waals surface area contributed by atoms with Gasteiger partial charge in [0.1, 0.15) is 11.9 Å². The first-order valence-corrected chi connectivity index (χ1v) is 7.92. The molecule has 0 spiro atoms. The molecule has 1 aliphatic rings. The van der Waals surface area contributed by atoms with Crippen LogP contribution in [0.5, 0.6) is 5.75 Å². The highest BCUT2D eigenvalue weighted by molar-refractivity contribution is 5.27. The summed E-state index contributed by atoms with van der Waals surface area (Å²) in [5.74, 6) is 0.845. The summed E-state index contributed by atoms with van der Waals surface area (Å²) >= 11 is 0. The second kappa shape index (κ2) is 8.98. The van der Waals surface area contributed by atoms with Crippen LogP contribution in [0.4, 0.5) is 8.78 Å². The van der Waals surface area contributed by atoms with Gasteiger partial charge in [0.25, 0.3) is 0 Å². The van der Waals surface area contributed by atoms with Gasteiger partial charge in [0.15, 0.2) is 0 Å². The summed E-state index contributed by atoms with van der Waals surface area (Å²) in [7, 11) is 0. The van der Waals surface area contributed by atoms with Crippen molar-refractivity contribution < 1.29 is 13.5 Å². The van der Waals surface area contributed by atoms with Crippen LogP contribution in [0.1, 0.15) is 31.2 Å². The summed E-state index contributed by atoms with van der Waals surface area (Å²) in [4.78, 5) is 2.20. The van der Waals surface area contributed by atoms with Gasteiger partial charge in [-0.3, -0.25) is 4.39 Å². The lowest BCUT2D eigenvalue weighted by molar-refractivity contribution is 0.285. The van der Waals surface area contributed by atoms with E-state index in [4.69, 9.17) is 4.74 Å². The Morgan fingerprint density at radius 3 is 2.62 bits per heavy atom. The summed E-state index contributed by atoms with van der Waals surface area (Å²) in [6.45, 7) is 2.77. The number of unbranched alkanes of at least 4 members (excludes halogenated alkanes) is 1. The Morgan fingerprint density at radius 2 is 1.95 bits per heavy atom. The Kier molecular flexibility index (Phi) is 6.93. The van der Waals surface area contributed by atoms with E-state index in [-0.39, 0.29) is 6.67 Å². The Balaban J connectivity index is 1.62. The maximum absolute atomic E-state index is 13.0. The van der Waals surface area contributed by atoms with Crippen LogP contribution in [-0.2, 0) is 6.42 Å². The van der Waals surface area contributed by atoms with E-state index in [9.17, 15) is 8.78 Å². The molecule has 1 aromatic carbocycles. The number of likely N-dealkylation sites (tertiary alicyclic amines) is 1. The van der Waals surface area contributed by atoms with Gasteiger partial charge in [0, 0.05) is 13.1 Å². The standard InChI is InChI=1S/C17H25F2NO/c18-10-1-2-13-21-17-7-5-15(6-8-17)4-3-11-20-12-9-16(19)14-20/h5-8,16H,1-4,9-14H2. The topological polar surface area (TPSA) is 12.5 Å². The number of aryl methyl sites for hydroxylation is 1. The van der Waals surface area contributed by atoms with Crippen LogP contribution in [0.3, 0.4) is 0 Å². The van der Waals surface area contributed by atoms with E-state index in [0.29, 0.717) is 26.0 Å². The zero-order valence-electron chi connectivity index (χ0n) is 12.6. The van der Waals surface area contributed by atoms with Crippen LogP contribution < -0.4 is 4.74 Å². The maximum atomic E-state index is 13.0. The van der Waals surface area contributed by atoms with Crippen LogP contribution in [0.15, 0.2) is 24.3 Å². The fourth-order valence-electron chi connectivity index (χ4n) is 2.63. The third-order valence-corrected chi connectivity index (χ3v) is 3.87. The predicted octanol–water partition coefficient (Wildman–Crippen LogP) is 3.79. The second-order valence-corrected chi connectivity index (χ2v) is 5.68. The third kappa shape index (κ3) is 6.00. The summed E-state index contributed by atoms with van der Waals surface area (Å²) < 4.78 is 30.5. The smallest absolute Gasteiger partial charge is 0.119 e. The summed E-state index contributed by atoms with van der Waals surface area (Å²) in [6, 6.07) is 8.09. The Morgan fingerprint density at radius 1 is 1.14 bits per heavy atom. The van der Waals surface area contributed by atoms with Crippen molar-refractivity contribution in [3.8, 4) is 5.75 Å². The van der Waals surface area contributed by atoms with Crippen molar-refractivity contribution in [1.82, 2.24) is 4.90 Å². The normalized spacial score (nSPS) is 19.0. The van der Waals surface area contributed by atoms with E-state index in [1.165, 1.54) is 5.56 Å². The Hall–Kier alpha value is -1.16. The average molecular weight is 297 g/mol. The molecule has 0 radical (unpaired) electrons. The number of alkyl halides is 2. The molecule has 0 N–H and O–H groups in total. The van der Waals surface area contributed by atoms with Gasteiger partial charge in [0.2, 0.25) is 0 Å². The molecule has 0 amide bonds. The molecule has 0 saturated carbocycles. The molecule has 0 aliphatic carbocycles. The molecule has 1 saturated heterocycles. The largest absolute Gasteiger partial charge is 0.494 e. The van der Waals surface area contributed by atoms with Crippen LogP contribution in [-0.4, -0.2) is 44.0 Å². The molecule has 1 atom stereocenters. The van der Waals surface area contributed by atoms with Gasteiger partial charge < -0.3 is 9.64 Å². The molecule has 1 fully saturated rings. The van der Waals surface area contributed by atoms with E-state index in [2.05, 4.69) is 17.0 Å². The van der Waals surface area contributed by atoms with E-state index in [0.717, 1.165) is 38.1 Å². The lowest BCUT2D eigenvalue weighted by Crippen LogP contribution is -2.22. The van der Waals surface area contributed by atoms with Crippen molar-refractivity contribution in [2.45, 2.75) is 38.3 Å². The molecule has 1 aliphatic heterocycles. The lowest BCUT2D eigenvalue weighted by Gasteiger charge is -2.14. The zero-order valence-corrected chi connectivity index (χ0v) is 12.6. The van der Waals surface area contributed by atoms with Crippen LogP contribution in [0, 0.1) is 0 Å². The highest BCUT2D eigenvalue weighted by Gasteiger charge is 2.20. The van der Waals surface area contributed by atoms with Crippen LogP contribution in [0.2, 0.25) is 0 Å². The van der Waals surface area contributed by atoms with Gasteiger partial charge in [-0.25, -0.2) is 4.39 Å². The molecule has 4 heteroatoms. The number of rotatable bonds is 9. The zero-order chi connectivity index (χ0) is 14.9. The molecule has 21 heavy (non-hydrogen) atoms. The first-order chi connectivity index (χ1) is 10.3. The number of ether oxygens (including phenoxy) is 1. The number of hydrogen-bond donors (Lipinski definition) is 0. The molecular weight excluding hydrogens is 272 g/mol. The van der Waals surface area contributed by atoms with Crippen molar-refractivity contribution in [1.29, 1.82) is 0 Å². The minimum atomic E-state index is -0.626. The molecule has 1 unspecified atom stereocenters. The molecule has 2 nitrogen and oxygen atoms in total.